The van der Waals surface area contributed by atoms with E-state index in [1.807, 2.05) is 0 Å². The third kappa shape index (κ3) is 4.03. The van der Waals surface area contributed by atoms with Crippen LogP contribution in [0.2, 0.25) is 0 Å². The number of allylic oxidation sites excluding steroid dienone is 1. The maximum Gasteiger partial charge on any atom is 0.332 e. The third-order valence-corrected chi connectivity index (χ3v) is 16.1. The first-order valence-electron chi connectivity index (χ1n) is 19.2. The number of aliphatic hydroxyl groups excluding tert-OH is 2. The van der Waals surface area contributed by atoms with E-state index < -0.39 is 63.2 Å². The Hall–Kier alpha value is -1.66. The van der Waals surface area contributed by atoms with Gasteiger partial charge in [0.05, 0.1) is 23.2 Å². The lowest BCUT2D eigenvalue weighted by molar-refractivity contribution is -0.375. The summed E-state index contributed by atoms with van der Waals surface area (Å²) in [6, 6.07) is 0. The van der Waals surface area contributed by atoms with Gasteiger partial charge in [-0.2, -0.15) is 0 Å². The van der Waals surface area contributed by atoms with Crippen LogP contribution in [0.1, 0.15) is 90.9 Å². The summed E-state index contributed by atoms with van der Waals surface area (Å²) in [4.78, 5) is 26.9. The summed E-state index contributed by atoms with van der Waals surface area (Å²) in [5, 5.41) is 68.0. The number of carbonyl (C=O) groups excluding carboxylic acids is 2. The summed E-state index contributed by atoms with van der Waals surface area (Å²) in [6.07, 6.45) is 8.20. The van der Waals surface area contributed by atoms with Gasteiger partial charge in [0.1, 0.15) is 17.5 Å². The second-order valence-electron chi connectivity index (χ2n) is 17.8. The largest absolute Gasteiger partial charge is 0.447 e. The number of hydrogen-bond donors (Lipinski definition) is 6. The lowest BCUT2D eigenvalue weighted by Gasteiger charge is -2.73. The van der Waals surface area contributed by atoms with Crippen LogP contribution in [0.3, 0.4) is 0 Å². The molecule has 0 radical (unpaired) electrons. The van der Waals surface area contributed by atoms with E-state index in [0.29, 0.717) is 64.5 Å². The number of ether oxygens (including phenoxy) is 2. The molecule has 0 aromatic carbocycles. The Kier molecular flexibility index (Phi) is 8.02. The first-order chi connectivity index (χ1) is 23.3. The van der Waals surface area contributed by atoms with Gasteiger partial charge in [0, 0.05) is 49.5 Å². The van der Waals surface area contributed by atoms with Gasteiger partial charge >= 0.3 is 5.97 Å². The molecule has 0 unspecified atom stereocenters. The quantitative estimate of drug-likeness (QED) is 0.0970. The molecule has 49 heavy (non-hydrogen) atoms. The zero-order valence-electron chi connectivity index (χ0n) is 29.4. The average molecular weight is 684 g/mol. The molecule has 2 bridgehead atoms. The first-order valence-corrected chi connectivity index (χ1v) is 19.2. The average Bonchev–Trinajstić information content (AvgIpc) is 3.42. The van der Waals surface area contributed by atoms with Crippen LogP contribution in [0.15, 0.2) is 23.3 Å². The van der Waals surface area contributed by atoms with Crippen molar-refractivity contribution in [1.29, 1.82) is 0 Å². The number of hydrogen-bond acceptors (Lipinski definition) is 10. The third-order valence-electron chi connectivity index (χ3n) is 16.1. The Balaban J connectivity index is 1.27. The second kappa shape index (κ2) is 11.4. The molecule has 8 aliphatic rings. The predicted octanol–water partition coefficient (Wildman–Crippen LogP) is 2.59. The summed E-state index contributed by atoms with van der Waals surface area (Å²) in [5.74, 6) is -2.94. The predicted molar refractivity (Wildman–Crippen MR) is 179 cm³/mol. The number of fused-ring (bicyclic) bond motifs is 3. The van der Waals surface area contributed by atoms with Crippen LogP contribution in [-0.4, -0.2) is 99.2 Å². The minimum absolute atomic E-state index is 0.108. The van der Waals surface area contributed by atoms with E-state index in [9.17, 15) is 35.1 Å². The molecule has 14 atom stereocenters. The van der Waals surface area contributed by atoms with Crippen LogP contribution < -0.4 is 5.32 Å². The van der Waals surface area contributed by atoms with Gasteiger partial charge in [0.25, 0.3) is 0 Å². The van der Waals surface area contributed by atoms with Crippen molar-refractivity contribution in [2.75, 3.05) is 26.8 Å². The van der Waals surface area contributed by atoms with Crippen molar-refractivity contribution >= 4 is 12.3 Å². The highest BCUT2D eigenvalue weighted by molar-refractivity contribution is 5.88. The van der Waals surface area contributed by atoms with Crippen molar-refractivity contribution in [1.82, 2.24) is 5.32 Å². The molecule has 0 aromatic rings. The van der Waals surface area contributed by atoms with Gasteiger partial charge in [-0.05, 0) is 118 Å². The van der Waals surface area contributed by atoms with Crippen LogP contribution in [-0.2, 0) is 19.1 Å². The number of methoxy groups -OCH3 is 1. The molecule has 10 heteroatoms. The van der Waals surface area contributed by atoms with Gasteiger partial charge in [-0.1, -0.05) is 19.9 Å². The maximum atomic E-state index is 13.7. The fourth-order valence-electron chi connectivity index (χ4n) is 14.1. The summed E-state index contributed by atoms with van der Waals surface area (Å²) in [7, 11) is 1.68. The molecule has 6 N–H and O–H groups in total. The van der Waals surface area contributed by atoms with E-state index in [0.717, 1.165) is 36.8 Å². The number of aliphatic hydroxyl groups is 5. The van der Waals surface area contributed by atoms with Gasteiger partial charge < -0.3 is 45.1 Å². The van der Waals surface area contributed by atoms with Gasteiger partial charge in [0.15, 0.2) is 5.60 Å². The van der Waals surface area contributed by atoms with Crippen LogP contribution in [0.5, 0.6) is 0 Å². The lowest BCUT2D eigenvalue weighted by atomic mass is 9.35. The molecule has 8 rings (SSSR count). The minimum Gasteiger partial charge on any atom is -0.447 e. The van der Waals surface area contributed by atoms with Crippen molar-refractivity contribution in [2.24, 2.45) is 52.3 Å². The molecule has 1 heterocycles. The van der Waals surface area contributed by atoms with Crippen molar-refractivity contribution in [2.45, 2.75) is 126 Å². The Morgan fingerprint density at radius 3 is 2.57 bits per heavy atom. The van der Waals surface area contributed by atoms with Gasteiger partial charge in [-0.25, -0.2) is 4.79 Å². The monoisotopic (exact) mass is 683 g/mol. The van der Waals surface area contributed by atoms with Crippen molar-refractivity contribution in [3.63, 3.8) is 0 Å². The molecule has 6 saturated carbocycles. The summed E-state index contributed by atoms with van der Waals surface area (Å²) in [5.41, 5.74) is -6.95. The van der Waals surface area contributed by atoms with Crippen molar-refractivity contribution in [3.05, 3.63) is 23.3 Å². The van der Waals surface area contributed by atoms with E-state index >= 15 is 0 Å². The van der Waals surface area contributed by atoms with Crippen LogP contribution in [0.4, 0.5) is 0 Å². The zero-order valence-corrected chi connectivity index (χ0v) is 29.4. The lowest BCUT2D eigenvalue weighted by Crippen LogP contribution is -2.85. The molecule has 1 spiro atoms. The van der Waals surface area contributed by atoms with E-state index in [4.69, 9.17) is 9.47 Å². The molecule has 0 amide bonds. The number of rotatable bonds is 8. The van der Waals surface area contributed by atoms with Gasteiger partial charge in [-0.3, -0.25) is 0 Å². The maximum absolute atomic E-state index is 13.7. The second-order valence-corrected chi connectivity index (χ2v) is 17.8. The summed E-state index contributed by atoms with van der Waals surface area (Å²) < 4.78 is 11.5. The summed E-state index contributed by atoms with van der Waals surface area (Å²) >= 11 is 0. The SMILES string of the molecule is COCCCNCC1=C[C@H]2C[C@@]3(O)[C@]4(CCC[C@@]15OC(=O)C=C5[C@@H]24)CC[C@H]1[C@@]3(O)[C@@H](O)[C@@H]2C[C@@H](C(C)C)CC[C@@H]3[C@@H](O)CC[C@@]1(C=O)[C@@]32O. The van der Waals surface area contributed by atoms with Crippen LogP contribution >= 0.6 is 0 Å². The van der Waals surface area contributed by atoms with Gasteiger partial charge in [0.2, 0.25) is 0 Å². The normalized spacial score (nSPS) is 52.5. The Bertz CT molecular complexity index is 1450. The van der Waals surface area contributed by atoms with E-state index in [-0.39, 0.29) is 42.5 Å². The topological polar surface area (TPSA) is 166 Å². The molecular formula is C39H57NO9. The molecule has 1 aliphatic heterocycles. The van der Waals surface area contributed by atoms with E-state index in [1.165, 1.54) is 0 Å². The molecule has 10 nitrogen and oxygen atoms in total. The molecule has 6 fully saturated rings. The number of aldehydes is 1. The standard InChI is InChI=1S/C39H57NO9/c1-22(2)23-6-7-26-29(42)8-12-35(21-41)30-9-13-34-10-4-11-36-25(20-40-14-5-15-48-3)16-24(32(34)27(36)18-31(43)49-36)19-37(34,45)39(30,47)33(44)28(17-23)38(26,35)46/h16,18,21-24,26,28-30,32-33,40,42,44-47H,4-15,17,19-20H2,1-3H3/t23-,24-,26+,28-,29-,30+,32+,33-,34+,35-,36+,37+,38+,39+/m0/s1. The molecule has 0 saturated heterocycles. The highest BCUT2D eigenvalue weighted by Gasteiger charge is 2.85. The van der Waals surface area contributed by atoms with Crippen LogP contribution in [0.25, 0.3) is 0 Å². The van der Waals surface area contributed by atoms with E-state index in [1.54, 1.807) is 13.2 Å². The Morgan fingerprint density at radius 1 is 1.04 bits per heavy atom. The highest BCUT2D eigenvalue weighted by atomic mass is 16.6. The van der Waals surface area contributed by atoms with Crippen LogP contribution in [0, 0.1) is 52.3 Å². The molecular weight excluding hydrogens is 626 g/mol. The van der Waals surface area contributed by atoms with Crippen molar-refractivity contribution < 1.29 is 44.6 Å². The number of nitrogens with one attached hydrogen (secondary N) is 1. The van der Waals surface area contributed by atoms with Gasteiger partial charge in [-0.15, -0.1) is 0 Å². The fraction of sp³-hybridized carbons (Fsp3) is 0.846. The Morgan fingerprint density at radius 2 is 1.84 bits per heavy atom. The minimum atomic E-state index is -2.09. The molecule has 272 valence electrons. The van der Waals surface area contributed by atoms with Crippen molar-refractivity contribution in [3.8, 4) is 0 Å². The van der Waals surface area contributed by atoms with E-state index in [2.05, 4.69) is 25.2 Å². The number of esters is 1. The summed E-state index contributed by atoms with van der Waals surface area (Å²) in [6.45, 7) is 6.13. The fourth-order valence-corrected chi connectivity index (χ4v) is 14.1. The molecule has 0 aromatic heterocycles. The molecule has 7 aliphatic carbocycles. The Labute approximate surface area is 289 Å². The number of carbonyl (C=O) groups is 2. The smallest absolute Gasteiger partial charge is 0.332 e. The zero-order chi connectivity index (χ0) is 34.8. The first kappa shape index (κ1) is 34.4. The highest BCUT2D eigenvalue weighted by Crippen LogP contribution is 2.78.